The van der Waals surface area contributed by atoms with Crippen LogP contribution in [-0.2, 0) is 0 Å². The SMILES string of the molecule is C/C(=N\NC(=O)c1ccc(C)nc1)c1ccc(O)cc1. The quantitative estimate of drug-likeness (QED) is 0.663. The highest BCUT2D eigenvalue weighted by atomic mass is 16.3. The van der Waals surface area contributed by atoms with Gasteiger partial charge in [-0.2, -0.15) is 5.10 Å². The minimum absolute atomic E-state index is 0.191. The fourth-order valence-corrected chi connectivity index (χ4v) is 1.57. The molecule has 0 radical (unpaired) electrons. The molecule has 0 fully saturated rings. The first-order chi connectivity index (χ1) is 9.56. The largest absolute Gasteiger partial charge is 0.508 e. The van der Waals surface area contributed by atoms with Crippen molar-refractivity contribution in [3.8, 4) is 5.75 Å². The van der Waals surface area contributed by atoms with E-state index in [4.69, 9.17) is 0 Å². The molecule has 5 heteroatoms. The molecule has 0 atom stereocenters. The molecule has 1 heterocycles. The Bertz CT molecular complexity index is 631. The van der Waals surface area contributed by atoms with E-state index in [1.807, 2.05) is 6.92 Å². The van der Waals surface area contributed by atoms with Crippen LogP contribution in [0.3, 0.4) is 0 Å². The summed E-state index contributed by atoms with van der Waals surface area (Å²) in [6, 6.07) is 10.1. The monoisotopic (exact) mass is 269 g/mol. The maximum atomic E-state index is 11.8. The Balaban J connectivity index is 2.06. The van der Waals surface area contributed by atoms with E-state index in [-0.39, 0.29) is 11.7 Å². The van der Waals surface area contributed by atoms with Gasteiger partial charge in [0, 0.05) is 11.9 Å². The van der Waals surface area contributed by atoms with Crippen molar-refractivity contribution in [1.29, 1.82) is 0 Å². The Morgan fingerprint density at radius 2 is 1.80 bits per heavy atom. The molecule has 0 saturated heterocycles. The van der Waals surface area contributed by atoms with Crippen molar-refractivity contribution < 1.29 is 9.90 Å². The van der Waals surface area contributed by atoms with E-state index in [9.17, 15) is 9.90 Å². The van der Waals surface area contributed by atoms with Crippen molar-refractivity contribution in [3.63, 3.8) is 0 Å². The lowest BCUT2D eigenvalue weighted by Crippen LogP contribution is -2.19. The van der Waals surface area contributed by atoms with Crippen molar-refractivity contribution in [2.45, 2.75) is 13.8 Å². The predicted molar refractivity (Wildman–Crippen MR) is 76.8 cm³/mol. The third-order valence-electron chi connectivity index (χ3n) is 2.78. The van der Waals surface area contributed by atoms with Gasteiger partial charge in [0.1, 0.15) is 5.75 Å². The van der Waals surface area contributed by atoms with Crippen LogP contribution < -0.4 is 5.43 Å². The number of phenols is 1. The smallest absolute Gasteiger partial charge is 0.272 e. The molecular formula is C15H15N3O2. The van der Waals surface area contributed by atoms with Gasteiger partial charge in [-0.25, -0.2) is 5.43 Å². The maximum absolute atomic E-state index is 11.8. The van der Waals surface area contributed by atoms with E-state index in [1.54, 1.807) is 43.3 Å². The van der Waals surface area contributed by atoms with Gasteiger partial charge in [0.05, 0.1) is 11.3 Å². The molecule has 0 aliphatic heterocycles. The number of aromatic nitrogens is 1. The zero-order valence-electron chi connectivity index (χ0n) is 11.3. The number of benzene rings is 1. The summed E-state index contributed by atoms with van der Waals surface area (Å²) in [5, 5.41) is 13.2. The predicted octanol–water partition coefficient (Wildman–Crippen LogP) is 2.25. The Hall–Kier alpha value is -2.69. The number of amides is 1. The number of aromatic hydroxyl groups is 1. The summed E-state index contributed by atoms with van der Waals surface area (Å²) in [4.78, 5) is 15.9. The van der Waals surface area contributed by atoms with E-state index in [0.717, 1.165) is 11.3 Å². The van der Waals surface area contributed by atoms with Gasteiger partial charge in [0.25, 0.3) is 5.91 Å². The van der Waals surface area contributed by atoms with Gasteiger partial charge >= 0.3 is 0 Å². The van der Waals surface area contributed by atoms with Gasteiger partial charge in [-0.05, 0) is 55.8 Å². The van der Waals surface area contributed by atoms with Gasteiger partial charge in [-0.1, -0.05) is 0 Å². The zero-order valence-corrected chi connectivity index (χ0v) is 11.3. The molecular weight excluding hydrogens is 254 g/mol. The van der Waals surface area contributed by atoms with E-state index in [2.05, 4.69) is 15.5 Å². The average Bonchev–Trinajstić information content (AvgIpc) is 2.46. The van der Waals surface area contributed by atoms with Gasteiger partial charge in [-0.3, -0.25) is 9.78 Å². The summed E-state index contributed by atoms with van der Waals surface area (Å²) >= 11 is 0. The number of carbonyl (C=O) groups is 1. The number of hydrogen-bond acceptors (Lipinski definition) is 4. The summed E-state index contributed by atoms with van der Waals surface area (Å²) in [5.41, 5.74) is 5.26. The summed E-state index contributed by atoms with van der Waals surface area (Å²) < 4.78 is 0. The van der Waals surface area contributed by atoms with Crippen LogP contribution in [0, 0.1) is 6.92 Å². The second-order valence-corrected chi connectivity index (χ2v) is 4.37. The number of pyridine rings is 1. The number of nitrogens with one attached hydrogen (secondary N) is 1. The fraction of sp³-hybridized carbons (Fsp3) is 0.133. The fourth-order valence-electron chi connectivity index (χ4n) is 1.57. The molecule has 2 rings (SSSR count). The first kappa shape index (κ1) is 13.7. The van der Waals surface area contributed by atoms with E-state index < -0.39 is 0 Å². The van der Waals surface area contributed by atoms with Crippen LogP contribution in [-0.4, -0.2) is 21.7 Å². The molecule has 0 aliphatic carbocycles. The number of hydrogen-bond donors (Lipinski definition) is 2. The molecule has 5 nitrogen and oxygen atoms in total. The summed E-state index contributed by atoms with van der Waals surface area (Å²) in [7, 11) is 0. The van der Waals surface area contributed by atoms with E-state index in [0.29, 0.717) is 11.3 Å². The van der Waals surface area contributed by atoms with Crippen molar-refractivity contribution in [2.24, 2.45) is 5.10 Å². The third-order valence-corrected chi connectivity index (χ3v) is 2.78. The second kappa shape index (κ2) is 5.97. The first-order valence-electron chi connectivity index (χ1n) is 6.13. The maximum Gasteiger partial charge on any atom is 0.272 e. The summed E-state index contributed by atoms with van der Waals surface area (Å²) in [6.45, 7) is 3.63. The van der Waals surface area contributed by atoms with Crippen LogP contribution in [0.5, 0.6) is 5.75 Å². The van der Waals surface area contributed by atoms with Crippen LogP contribution in [0.15, 0.2) is 47.7 Å². The number of carbonyl (C=O) groups excluding carboxylic acids is 1. The molecule has 102 valence electrons. The van der Waals surface area contributed by atoms with Crippen molar-refractivity contribution in [1.82, 2.24) is 10.4 Å². The number of nitrogens with zero attached hydrogens (tertiary/aromatic N) is 2. The van der Waals surface area contributed by atoms with Crippen molar-refractivity contribution >= 4 is 11.6 Å². The molecule has 1 aromatic carbocycles. The van der Waals surface area contributed by atoms with Crippen LogP contribution >= 0.6 is 0 Å². The van der Waals surface area contributed by atoms with Crippen LogP contribution in [0.25, 0.3) is 0 Å². The Morgan fingerprint density at radius 1 is 1.15 bits per heavy atom. The number of rotatable bonds is 3. The molecule has 0 spiro atoms. The van der Waals surface area contributed by atoms with Crippen molar-refractivity contribution in [3.05, 3.63) is 59.4 Å². The lowest BCUT2D eigenvalue weighted by molar-refractivity contribution is 0.0954. The second-order valence-electron chi connectivity index (χ2n) is 4.37. The lowest BCUT2D eigenvalue weighted by atomic mass is 10.1. The summed E-state index contributed by atoms with van der Waals surface area (Å²) in [5.74, 6) is -0.119. The minimum Gasteiger partial charge on any atom is -0.508 e. The highest BCUT2D eigenvalue weighted by molar-refractivity contribution is 6.00. The first-order valence-corrected chi connectivity index (χ1v) is 6.13. The molecule has 2 aromatic rings. The molecule has 0 unspecified atom stereocenters. The van der Waals surface area contributed by atoms with Gasteiger partial charge in [0.15, 0.2) is 0 Å². The molecule has 20 heavy (non-hydrogen) atoms. The highest BCUT2D eigenvalue weighted by Gasteiger charge is 2.05. The summed E-state index contributed by atoms with van der Waals surface area (Å²) in [6.07, 6.45) is 1.51. The normalized spacial score (nSPS) is 11.2. The van der Waals surface area contributed by atoms with Crippen LogP contribution in [0.2, 0.25) is 0 Å². The molecule has 1 amide bonds. The van der Waals surface area contributed by atoms with Crippen LogP contribution in [0.4, 0.5) is 0 Å². The Morgan fingerprint density at radius 3 is 2.40 bits per heavy atom. The molecule has 1 aromatic heterocycles. The van der Waals surface area contributed by atoms with Gasteiger partial charge < -0.3 is 5.11 Å². The number of aryl methyl sites for hydroxylation is 1. The Labute approximate surface area is 117 Å². The van der Waals surface area contributed by atoms with E-state index >= 15 is 0 Å². The lowest BCUT2D eigenvalue weighted by Gasteiger charge is -2.03. The Kier molecular flexibility index (Phi) is 4.10. The highest BCUT2D eigenvalue weighted by Crippen LogP contribution is 2.10. The third kappa shape index (κ3) is 3.41. The molecule has 0 aliphatic rings. The number of phenolic OH excluding ortho intramolecular Hbond substituents is 1. The molecule has 0 saturated carbocycles. The standard InChI is InChI=1S/C15H15N3O2/c1-10-3-4-13(9-16-10)15(20)18-17-11(2)12-5-7-14(19)8-6-12/h3-9,19H,1-2H3,(H,18,20)/b17-11+. The molecule has 2 N–H and O–H groups in total. The minimum atomic E-state index is -0.310. The molecule has 0 bridgehead atoms. The van der Waals surface area contributed by atoms with Gasteiger partial charge in [0.2, 0.25) is 0 Å². The van der Waals surface area contributed by atoms with Gasteiger partial charge in [-0.15, -0.1) is 0 Å². The zero-order chi connectivity index (χ0) is 14.5. The topological polar surface area (TPSA) is 74.6 Å². The number of hydrazone groups is 1. The van der Waals surface area contributed by atoms with Crippen molar-refractivity contribution in [2.75, 3.05) is 0 Å². The van der Waals surface area contributed by atoms with E-state index in [1.165, 1.54) is 6.20 Å². The van der Waals surface area contributed by atoms with Crippen LogP contribution in [0.1, 0.15) is 28.5 Å². The average molecular weight is 269 g/mol.